The number of guanidine groups is 1. The number of hydrogen-bond acceptors (Lipinski definition) is 4. The first-order chi connectivity index (χ1) is 12.5. The lowest BCUT2D eigenvalue weighted by molar-refractivity contribution is -0.00684. The van der Waals surface area contributed by atoms with E-state index in [0.717, 1.165) is 76.8 Å². The van der Waals surface area contributed by atoms with Crippen molar-refractivity contribution in [2.75, 3.05) is 45.1 Å². The molecule has 0 amide bonds. The van der Waals surface area contributed by atoms with Crippen LogP contribution in [-0.4, -0.2) is 77.0 Å². The molecule has 2 rings (SSSR count). The van der Waals surface area contributed by atoms with Gasteiger partial charge >= 0.3 is 0 Å². The number of rotatable bonds is 7. The summed E-state index contributed by atoms with van der Waals surface area (Å²) in [7, 11) is -0.693. The van der Waals surface area contributed by atoms with E-state index in [2.05, 4.69) is 36.3 Å². The molecular weight excluding hydrogens is 475 g/mol. The summed E-state index contributed by atoms with van der Waals surface area (Å²) in [6.45, 7) is 13.8. The lowest BCUT2D eigenvalue weighted by Crippen LogP contribution is -2.52. The standard InChI is InChI=1S/C19H38N4O2S.HI/c1-5-20-18(21-15-19(3,4)23-10-12-25-13-11-23)22-16-8-7-9-17(14-16)26(24)6-2;/h16-17H,5-15H2,1-4H3,(H2,20,21,22);1H. The summed E-state index contributed by atoms with van der Waals surface area (Å²) in [5.74, 6) is 1.65. The second kappa shape index (κ2) is 12.6. The molecule has 0 aromatic carbocycles. The van der Waals surface area contributed by atoms with Gasteiger partial charge in [0.2, 0.25) is 0 Å². The van der Waals surface area contributed by atoms with Crippen molar-refractivity contribution >= 4 is 40.7 Å². The number of aliphatic imine (C=N–C) groups is 1. The van der Waals surface area contributed by atoms with E-state index < -0.39 is 10.8 Å². The Morgan fingerprint density at radius 2 is 1.96 bits per heavy atom. The average Bonchev–Trinajstić information content (AvgIpc) is 2.66. The zero-order valence-electron chi connectivity index (χ0n) is 17.5. The molecule has 0 spiro atoms. The minimum absolute atomic E-state index is 0. The molecule has 2 aliphatic rings. The smallest absolute Gasteiger partial charge is 0.191 e. The molecule has 8 heteroatoms. The Balaban J connectivity index is 0.00000364. The van der Waals surface area contributed by atoms with Gasteiger partial charge in [0.25, 0.3) is 0 Å². The summed E-state index contributed by atoms with van der Waals surface area (Å²) < 4.78 is 17.6. The Kier molecular flexibility index (Phi) is 11.7. The van der Waals surface area contributed by atoms with E-state index in [0.29, 0.717) is 11.3 Å². The van der Waals surface area contributed by atoms with Crippen LogP contribution in [0.3, 0.4) is 0 Å². The molecule has 1 aliphatic heterocycles. The summed E-state index contributed by atoms with van der Waals surface area (Å²) in [6.07, 6.45) is 4.36. The van der Waals surface area contributed by atoms with Crippen LogP contribution < -0.4 is 10.6 Å². The van der Waals surface area contributed by atoms with Gasteiger partial charge in [0.15, 0.2) is 5.96 Å². The molecule has 2 N–H and O–H groups in total. The Bertz CT molecular complexity index is 484. The highest BCUT2D eigenvalue weighted by molar-refractivity contribution is 14.0. The van der Waals surface area contributed by atoms with E-state index in [-0.39, 0.29) is 29.5 Å². The van der Waals surface area contributed by atoms with Gasteiger partial charge in [-0.3, -0.25) is 14.1 Å². The Morgan fingerprint density at radius 1 is 1.26 bits per heavy atom. The predicted octanol–water partition coefficient (Wildman–Crippen LogP) is 2.35. The topological polar surface area (TPSA) is 66.0 Å². The van der Waals surface area contributed by atoms with Crippen LogP contribution in [0.2, 0.25) is 0 Å². The van der Waals surface area contributed by atoms with Crippen molar-refractivity contribution in [1.82, 2.24) is 15.5 Å². The normalized spacial score (nSPS) is 26.1. The van der Waals surface area contributed by atoms with Crippen LogP contribution in [0.1, 0.15) is 53.4 Å². The molecule has 1 saturated heterocycles. The summed E-state index contributed by atoms with van der Waals surface area (Å²) in [4.78, 5) is 7.34. The summed E-state index contributed by atoms with van der Waals surface area (Å²) in [6, 6.07) is 0.369. The van der Waals surface area contributed by atoms with Gasteiger partial charge in [-0.15, -0.1) is 24.0 Å². The van der Waals surface area contributed by atoms with Gasteiger partial charge in [0, 0.05) is 53.0 Å². The zero-order chi connectivity index (χ0) is 19.0. The Hall–Kier alpha value is 0.0700. The molecule has 2 fully saturated rings. The molecule has 0 bridgehead atoms. The van der Waals surface area contributed by atoms with E-state index in [9.17, 15) is 4.21 Å². The molecule has 1 aliphatic carbocycles. The highest BCUT2D eigenvalue weighted by Gasteiger charge is 2.29. The molecule has 3 unspecified atom stereocenters. The fourth-order valence-electron chi connectivity index (χ4n) is 3.81. The van der Waals surface area contributed by atoms with Gasteiger partial charge < -0.3 is 15.4 Å². The number of morpholine rings is 1. The molecule has 1 saturated carbocycles. The molecule has 3 atom stereocenters. The minimum atomic E-state index is -0.693. The van der Waals surface area contributed by atoms with Gasteiger partial charge in [0.1, 0.15) is 0 Å². The Morgan fingerprint density at radius 3 is 2.59 bits per heavy atom. The second-order valence-corrected chi connectivity index (χ2v) is 9.91. The minimum Gasteiger partial charge on any atom is -0.379 e. The summed E-state index contributed by atoms with van der Waals surface area (Å²) in [5.41, 5.74) is 0.0188. The molecule has 6 nitrogen and oxygen atoms in total. The first-order valence-electron chi connectivity index (χ1n) is 10.2. The fourth-order valence-corrected chi connectivity index (χ4v) is 5.15. The fraction of sp³-hybridized carbons (Fsp3) is 0.947. The van der Waals surface area contributed by atoms with Crippen LogP contribution in [0, 0.1) is 0 Å². The predicted molar refractivity (Wildman–Crippen MR) is 126 cm³/mol. The van der Waals surface area contributed by atoms with Crippen molar-refractivity contribution in [3.8, 4) is 0 Å². The third kappa shape index (κ3) is 8.14. The number of hydrogen-bond donors (Lipinski definition) is 2. The quantitative estimate of drug-likeness (QED) is 0.310. The van der Waals surface area contributed by atoms with Crippen LogP contribution in [0.4, 0.5) is 0 Å². The molecular formula is C19H39IN4O2S. The monoisotopic (exact) mass is 514 g/mol. The average molecular weight is 515 g/mol. The summed E-state index contributed by atoms with van der Waals surface area (Å²) >= 11 is 0. The van der Waals surface area contributed by atoms with E-state index in [4.69, 9.17) is 9.73 Å². The maximum absolute atomic E-state index is 12.2. The largest absolute Gasteiger partial charge is 0.379 e. The van der Waals surface area contributed by atoms with Gasteiger partial charge in [-0.05, 0) is 40.0 Å². The van der Waals surface area contributed by atoms with Crippen LogP contribution >= 0.6 is 24.0 Å². The van der Waals surface area contributed by atoms with Crippen molar-refractivity contribution in [2.45, 2.75) is 70.2 Å². The third-order valence-electron chi connectivity index (χ3n) is 5.46. The Labute approximate surface area is 185 Å². The lowest BCUT2D eigenvalue weighted by atomic mass is 9.95. The van der Waals surface area contributed by atoms with Crippen molar-refractivity contribution in [3.05, 3.63) is 0 Å². The second-order valence-electron chi connectivity index (χ2n) is 7.91. The number of ether oxygens (including phenoxy) is 1. The van der Waals surface area contributed by atoms with Crippen molar-refractivity contribution in [3.63, 3.8) is 0 Å². The highest BCUT2D eigenvalue weighted by Crippen LogP contribution is 2.23. The number of nitrogens with zero attached hydrogens (tertiary/aromatic N) is 2. The first-order valence-corrected chi connectivity index (χ1v) is 11.6. The van der Waals surface area contributed by atoms with Crippen LogP contribution in [0.25, 0.3) is 0 Å². The van der Waals surface area contributed by atoms with Crippen LogP contribution in [-0.2, 0) is 15.5 Å². The highest BCUT2D eigenvalue weighted by atomic mass is 127. The van der Waals surface area contributed by atoms with E-state index in [1.807, 2.05) is 6.92 Å². The third-order valence-corrected chi connectivity index (χ3v) is 7.20. The van der Waals surface area contributed by atoms with Crippen LogP contribution in [0.15, 0.2) is 4.99 Å². The SMILES string of the molecule is CCNC(=NCC(C)(C)N1CCOCC1)NC1CCCC(S(=O)CC)C1.I. The van der Waals surface area contributed by atoms with Crippen molar-refractivity contribution in [2.24, 2.45) is 4.99 Å². The first kappa shape index (κ1) is 25.1. The van der Waals surface area contributed by atoms with Crippen LogP contribution in [0.5, 0.6) is 0 Å². The van der Waals surface area contributed by atoms with Gasteiger partial charge in [-0.1, -0.05) is 13.3 Å². The van der Waals surface area contributed by atoms with Gasteiger partial charge in [0.05, 0.1) is 19.8 Å². The lowest BCUT2D eigenvalue weighted by Gasteiger charge is -2.40. The maximum Gasteiger partial charge on any atom is 0.191 e. The molecule has 0 aromatic heterocycles. The van der Waals surface area contributed by atoms with E-state index >= 15 is 0 Å². The molecule has 27 heavy (non-hydrogen) atoms. The van der Waals surface area contributed by atoms with E-state index in [1.54, 1.807) is 0 Å². The van der Waals surface area contributed by atoms with Gasteiger partial charge in [-0.25, -0.2) is 0 Å². The molecule has 0 aromatic rings. The van der Waals surface area contributed by atoms with Gasteiger partial charge in [-0.2, -0.15) is 0 Å². The maximum atomic E-state index is 12.2. The van der Waals surface area contributed by atoms with Crippen molar-refractivity contribution < 1.29 is 8.95 Å². The zero-order valence-corrected chi connectivity index (χ0v) is 20.6. The number of nitrogens with one attached hydrogen (secondary N) is 2. The number of halogens is 1. The molecule has 0 radical (unpaired) electrons. The van der Waals surface area contributed by atoms with Crippen molar-refractivity contribution in [1.29, 1.82) is 0 Å². The van der Waals surface area contributed by atoms with E-state index in [1.165, 1.54) is 0 Å². The molecule has 160 valence electrons. The summed E-state index contributed by atoms with van der Waals surface area (Å²) in [5, 5.41) is 7.32. The molecule has 1 heterocycles.